The minimum absolute atomic E-state index is 0. The molecule has 180 valence electrons. The van der Waals surface area contributed by atoms with Gasteiger partial charge < -0.3 is 24.8 Å². The summed E-state index contributed by atoms with van der Waals surface area (Å²) in [6, 6.07) is 17.7. The first-order valence-electron chi connectivity index (χ1n) is 12.2. The average Bonchev–Trinajstić information content (AvgIpc) is 3.32. The van der Waals surface area contributed by atoms with E-state index in [1.165, 1.54) is 60.8 Å². The molecule has 0 spiro atoms. The third kappa shape index (κ3) is 7.19. The van der Waals surface area contributed by atoms with E-state index in [0.717, 1.165) is 11.8 Å². The molecule has 0 N–H and O–H groups in total. The largest absolute Gasteiger partial charge is 1.00 e. The first-order chi connectivity index (χ1) is 15.4. The molecule has 4 heteroatoms. The number of fused-ring (bicyclic) bond motifs is 4. The zero-order chi connectivity index (χ0) is 22.7. The molecular weight excluding hydrogens is 551 g/mol. The molecule has 0 heterocycles. The molecule has 0 aromatic heterocycles. The minimum atomic E-state index is 0. The van der Waals surface area contributed by atoms with Gasteiger partial charge in [-0.05, 0) is 12.8 Å². The van der Waals surface area contributed by atoms with Crippen LogP contribution in [-0.2, 0) is 36.2 Å². The Balaban J connectivity index is 0.000000198. The third-order valence-electron chi connectivity index (χ3n) is 6.86. The molecule has 2 aromatic rings. The molecule has 4 aliphatic rings. The fourth-order valence-electron chi connectivity index (χ4n) is 5.33. The fourth-order valence-corrected chi connectivity index (χ4v) is 5.33. The van der Waals surface area contributed by atoms with Gasteiger partial charge in [0.05, 0.1) is 0 Å². The van der Waals surface area contributed by atoms with Crippen LogP contribution in [0.25, 0.3) is 11.1 Å². The smallest absolute Gasteiger partial charge is 1.00 e. The molecule has 0 saturated carbocycles. The second-order valence-electron chi connectivity index (χ2n) is 10.2. The summed E-state index contributed by atoms with van der Waals surface area (Å²) >= 11 is 1.74. The van der Waals surface area contributed by atoms with Crippen LogP contribution in [0.4, 0.5) is 0 Å². The molecule has 0 fully saturated rings. The Morgan fingerprint density at radius 3 is 1.44 bits per heavy atom. The van der Waals surface area contributed by atoms with Gasteiger partial charge in [-0.25, -0.2) is 24.0 Å². The number of halogens is 2. The minimum Gasteiger partial charge on any atom is -1.00 e. The summed E-state index contributed by atoms with van der Waals surface area (Å²) in [5.41, 5.74) is 12.8. The Hall–Kier alpha value is -0.660. The Kier molecular flexibility index (Phi) is 11.8. The Bertz CT molecular complexity index is 985. The van der Waals surface area contributed by atoms with Crippen LogP contribution >= 0.6 is 0 Å². The van der Waals surface area contributed by atoms with Gasteiger partial charge in [0.15, 0.2) is 0 Å². The van der Waals surface area contributed by atoms with E-state index in [0.29, 0.717) is 0 Å². The standard InChI is InChI=1S/2C14H15.C2H6Si.2ClH.Zr/c2*1-10-6-7-12-9-11-4-2-3-5-13(11)14(12)8-10;1-3-2;;;/h2*2-5,7,10H,6,8-9H2,1H3;1-2H3;2*1H;/q2*-1;;;;+2/p-2. The van der Waals surface area contributed by atoms with E-state index in [4.69, 9.17) is 0 Å². The molecule has 0 radical (unpaired) electrons. The van der Waals surface area contributed by atoms with E-state index in [9.17, 15) is 0 Å². The Morgan fingerprint density at radius 1 is 0.706 bits per heavy atom. The summed E-state index contributed by atoms with van der Waals surface area (Å²) in [6.07, 6.45) is 12.4. The van der Waals surface area contributed by atoms with Gasteiger partial charge in [0.25, 0.3) is 0 Å². The summed E-state index contributed by atoms with van der Waals surface area (Å²) in [5, 5.41) is 0. The van der Waals surface area contributed by atoms with Crippen molar-refractivity contribution in [2.45, 2.75) is 65.5 Å². The van der Waals surface area contributed by atoms with Crippen molar-refractivity contribution in [1.82, 2.24) is 0 Å². The van der Waals surface area contributed by atoms with Gasteiger partial charge in [0.1, 0.15) is 0 Å². The number of hydrogen-bond donors (Lipinski definition) is 0. The van der Waals surface area contributed by atoms with Crippen molar-refractivity contribution in [3.63, 3.8) is 0 Å². The van der Waals surface area contributed by atoms with Crippen LogP contribution < -0.4 is 24.8 Å². The van der Waals surface area contributed by atoms with Gasteiger partial charge >= 0.3 is 41.9 Å². The van der Waals surface area contributed by atoms with Crippen LogP contribution in [0.1, 0.15) is 61.8 Å². The van der Waals surface area contributed by atoms with Crippen LogP contribution in [0.5, 0.6) is 0 Å². The van der Waals surface area contributed by atoms with Crippen LogP contribution in [0.15, 0.2) is 59.7 Å². The van der Waals surface area contributed by atoms with Crippen molar-refractivity contribution in [3.05, 3.63) is 94.8 Å². The molecule has 34 heavy (non-hydrogen) atoms. The summed E-state index contributed by atoms with van der Waals surface area (Å²) in [6.45, 7) is 9.31. The second-order valence-corrected chi connectivity index (χ2v) is 19.5. The van der Waals surface area contributed by atoms with E-state index >= 15 is 0 Å². The Labute approximate surface area is 235 Å². The molecule has 0 aliphatic heterocycles. The molecule has 2 aromatic carbocycles. The van der Waals surface area contributed by atoms with Gasteiger partial charge in [-0.15, -0.1) is 11.1 Å². The predicted octanol–water partition coefficient (Wildman–Crippen LogP) is 2.05. The van der Waals surface area contributed by atoms with Crippen molar-refractivity contribution < 1.29 is 48.1 Å². The van der Waals surface area contributed by atoms with E-state index in [2.05, 4.69) is 88.3 Å². The first-order valence-corrected chi connectivity index (χ1v) is 18.4. The number of allylic oxidation sites excluding steroid dienone is 4. The SMILES string of the molecule is CC1C[CH-]C2=C(C1)c1ccccc1C2.CC1C[CH-]C2=C(C1)c1ccccc1C2.C[Si](C)=[Zr+2].[Cl-].[Cl-]. The first kappa shape index (κ1) is 29.6. The number of hydrogen-bond acceptors (Lipinski definition) is 0. The molecule has 0 nitrogen and oxygen atoms in total. The van der Waals surface area contributed by atoms with Crippen LogP contribution in [0.3, 0.4) is 0 Å². The van der Waals surface area contributed by atoms with E-state index in [1.54, 1.807) is 45.6 Å². The zero-order valence-corrected chi connectivity index (χ0v) is 25.9. The van der Waals surface area contributed by atoms with Crippen LogP contribution in [0.2, 0.25) is 13.1 Å². The van der Waals surface area contributed by atoms with Gasteiger partial charge in [0.2, 0.25) is 0 Å². The van der Waals surface area contributed by atoms with Gasteiger partial charge in [0, 0.05) is 0 Å². The monoisotopic (exact) mass is 584 g/mol. The topological polar surface area (TPSA) is 0 Å². The van der Waals surface area contributed by atoms with Gasteiger partial charge in [-0.2, -0.15) is 11.1 Å². The molecule has 0 saturated heterocycles. The van der Waals surface area contributed by atoms with E-state index in [1.807, 2.05) is 0 Å². The molecule has 0 amide bonds. The summed E-state index contributed by atoms with van der Waals surface area (Å²) in [5.74, 6) is 1.67. The number of rotatable bonds is 0. The Morgan fingerprint density at radius 2 is 1.06 bits per heavy atom. The van der Waals surface area contributed by atoms with E-state index < -0.39 is 0 Å². The van der Waals surface area contributed by atoms with Gasteiger partial charge in [-0.1, -0.05) is 111 Å². The molecule has 0 bridgehead atoms. The van der Waals surface area contributed by atoms with E-state index in [-0.39, 0.29) is 30.2 Å². The quantitative estimate of drug-likeness (QED) is 0.328. The zero-order valence-electron chi connectivity index (χ0n) is 20.9. The molecule has 2 unspecified atom stereocenters. The maximum absolute atomic E-state index is 2.45. The van der Waals surface area contributed by atoms with Crippen molar-refractivity contribution in [2.24, 2.45) is 11.8 Å². The summed E-state index contributed by atoms with van der Waals surface area (Å²) in [4.78, 5) is 0. The van der Waals surface area contributed by atoms with Crippen molar-refractivity contribution in [2.75, 3.05) is 0 Å². The normalized spacial score (nSPS) is 20.8. The van der Waals surface area contributed by atoms with Crippen LogP contribution in [-0.4, -0.2) is 5.43 Å². The number of benzene rings is 2. The molecular formula is C30H36Cl2SiZr-2. The maximum atomic E-state index is 2.45. The maximum Gasteiger partial charge on any atom is -1.00 e. The van der Waals surface area contributed by atoms with Crippen molar-refractivity contribution >= 4 is 16.6 Å². The van der Waals surface area contributed by atoms with Gasteiger partial charge in [-0.3, -0.25) is 0 Å². The third-order valence-corrected chi connectivity index (χ3v) is 6.86. The molecule has 2 atom stereocenters. The van der Waals surface area contributed by atoms with Crippen molar-refractivity contribution in [1.29, 1.82) is 0 Å². The predicted molar refractivity (Wildman–Crippen MR) is 137 cm³/mol. The molecule has 6 rings (SSSR count). The second kappa shape index (κ2) is 13.6. The fraction of sp³-hybridized carbons (Fsp3) is 0.400. The van der Waals surface area contributed by atoms with Crippen molar-refractivity contribution in [3.8, 4) is 0 Å². The summed E-state index contributed by atoms with van der Waals surface area (Å²) < 4.78 is 0. The average molecular weight is 587 g/mol. The molecule has 4 aliphatic carbocycles. The van der Waals surface area contributed by atoms with Crippen LogP contribution in [0, 0.1) is 24.7 Å². The summed E-state index contributed by atoms with van der Waals surface area (Å²) in [7, 11) is 0.